The van der Waals surface area contributed by atoms with Gasteiger partial charge in [0.2, 0.25) is 0 Å². The van der Waals surface area contributed by atoms with E-state index in [4.69, 9.17) is 0 Å². The van der Waals surface area contributed by atoms with Crippen molar-refractivity contribution in [1.82, 2.24) is 10.3 Å². The normalized spacial score (nSPS) is 14.6. The number of pyridine rings is 1. The second-order valence-electron chi connectivity index (χ2n) is 6.05. The number of aliphatic hydroxyl groups excluding tert-OH is 1. The molecule has 0 aliphatic rings. The van der Waals surface area contributed by atoms with Gasteiger partial charge in [0.1, 0.15) is 0 Å². The van der Waals surface area contributed by atoms with Crippen molar-refractivity contribution in [2.24, 2.45) is 5.92 Å². The lowest BCUT2D eigenvalue weighted by molar-refractivity contribution is -0.137. The SMILES string of the molecule is CC(C)C(NCC(O)c1ccncc1)c1cccc(C(F)(F)F)c1. The van der Waals surface area contributed by atoms with E-state index < -0.39 is 17.8 Å². The van der Waals surface area contributed by atoms with Crippen LogP contribution in [0.1, 0.15) is 42.7 Å². The highest BCUT2D eigenvalue weighted by atomic mass is 19.4. The number of rotatable bonds is 6. The molecule has 130 valence electrons. The van der Waals surface area contributed by atoms with Gasteiger partial charge in [0.25, 0.3) is 0 Å². The molecule has 1 heterocycles. The summed E-state index contributed by atoms with van der Waals surface area (Å²) < 4.78 is 38.7. The Hall–Kier alpha value is -1.92. The molecule has 0 aliphatic carbocycles. The van der Waals surface area contributed by atoms with Gasteiger partial charge in [-0.3, -0.25) is 4.98 Å². The standard InChI is InChI=1S/C18H21F3N2O/c1-12(2)17(14-4-3-5-15(10-14)18(19,20)21)23-11-16(24)13-6-8-22-9-7-13/h3-10,12,16-17,23-24H,11H2,1-2H3. The third kappa shape index (κ3) is 4.79. The zero-order valence-corrected chi connectivity index (χ0v) is 13.6. The summed E-state index contributed by atoms with van der Waals surface area (Å²) in [5.41, 5.74) is 0.605. The predicted molar refractivity (Wildman–Crippen MR) is 86.2 cm³/mol. The number of aliphatic hydroxyl groups is 1. The van der Waals surface area contributed by atoms with Crippen molar-refractivity contribution in [2.45, 2.75) is 32.2 Å². The second-order valence-corrected chi connectivity index (χ2v) is 6.05. The molecular weight excluding hydrogens is 317 g/mol. The minimum Gasteiger partial charge on any atom is -0.387 e. The Bertz CT molecular complexity index is 644. The third-order valence-corrected chi connectivity index (χ3v) is 3.86. The summed E-state index contributed by atoms with van der Waals surface area (Å²) in [7, 11) is 0. The van der Waals surface area contributed by atoms with Crippen molar-refractivity contribution in [2.75, 3.05) is 6.54 Å². The maximum absolute atomic E-state index is 12.9. The number of nitrogens with zero attached hydrogens (tertiary/aromatic N) is 1. The van der Waals surface area contributed by atoms with Crippen molar-refractivity contribution in [3.63, 3.8) is 0 Å². The van der Waals surface area contributed by atoms with Gasteiger partial charge in [-0.2, -0.15) is 13.2 Å². The largest absolute Gasteiger partial charge is 0.416 e. The minimum absolute atomic E-state index is 0.0677. The zero-order valence-electron chi connectivity index (χ0n) is 13.6. The van der Waals surface area contributed by atoms with Gasteiger partial charge in [-0.15, -0.1) is 0 Å². The maximum Gasteiger partial charge on any atom is 0.416 e. The van der Waals surface area contributed by atoms with Crippen LogP contribution in [-0.4, -0.2) is 16.6 Å². The number of alkyl halides is 3. The number of hydrogen-bond acceptors (Lipinski definition) is 3. The van der Waals surface area contributed by atoms with Gasteiger partial charge in [0.05, 0.1) is 11.7 Å². The molecule has 24 heavy (non-hydrogen) atoms. The predicted octanol–water partition coefficient (Wildman–Crippen LogP) is 4.12. The molecule has 1 aromatic heterocycles. The van der Waals surface area contributed by atoms with E-state index in [1.807, 2.05) is 13.8 Å². The van der Waals surface area contributed by atoms with E-state index in [0.717, 1.165) is 12.1 Å². The van der Waals surface area contributed by atoms with E-state index in [1.54, 1.807) is 30.6 Å². The van der Waals surface area contributed by atoms with Gasteiger partial charge < -0.3 is 10.4 Å². The topological polar surface area (TPSA) is 45.1 Å². The van der Waals surface area contributed by atoms with Crippen LogP contribution in [0.4, 0.5) is 13.2 Å². The highest BCUT2D eigenvalue weighted by molar-refractivity contribution is 5.28. The molecule has 2 N–H and O–H groups in total. The summed E-state index contributed by atoms with van der Waals surface area (Å²) in [4.78, 5) is 3.89. The van der Waals surface area contributed by atoms with Crippen LogP contribution in [0.5, 0.6) is 0 Å². The number of benzene rings is 1. The lowest BCUT2D eigenvalue weighted by Crippen LogP contribution is -2.30. The number of halogens is 3. The van der Waals surface area contributed by atoms with Crippen molar-refractivity contribution in [3.8, 4) is 0 Å². The van der Waals surface area contributed by atoms with Crippen LogP contribution < -0.4 is 5.32 Å². The summed E-state index contributed by atoms with van der Waals surface area (Å²) >= 11 is 0. The van der Waals surface area contributed by atoms with Gasteiger partial charge in [-0.05, 0) is 41.3 Å². The number of hydrogen-bond donors (Lipinski definition) is 2. The highest BCUT2D eigenvalue weighted by Gasteiger charge is 2.31. The molecule has 2 rings (SSSR count). The molecule has 0 spiro atoms. The van der Waals surface area contributed by atoms with Crippen LogP contribution in [0.3, 0.4) is 0 Å². The fourth-order valence-electron chi connectivity index (χ4n) is 2.59. The fraction of sp³-hybridized carbons (Fsp3) is 0.389. The van der Waals surface area contributed by atoms with Crippen molar-refractivity contribution in [1.29, 1.82) is 0 Å². The summed E-state index contributed by atoms with van der Waals surface area (Å²) in [6.45, 7) is 4.09. The molecule has 0 aliphatic heterocycles. The Kier molecular flexibility index (Phi) is 5.96. The monoisotopic (exact) mass is 338 g/mol. The molecule has 2 atom stereocenters. The van der Waals surface area contributed by atoms with Gasteiger partial charge in [-0.25, -0.2) is 0 Å². The smallest absolute Gasteiger partial charge is 0.387 e. The maximum atomic E-state index is 12.9. The molecule has 6 heteroatoms. The lowest BCUT2D eigenvalue weighted by atomic mass is 9.94. The average molecular weight is 338 g/mol. The summed E-state index contributed by atoms with van der Waals surface area (Å²) in [5.74, 6) is 0.0677. The number of aromatic nitrogens is 1. The van der Waals surface area contributed by atoms with E-state index in [-0.39, 0.29) is 18.5 Å². The lowest BCUT2D eigenvalue weighted by Gasteiger charge is -2.25. The Morgan fingerprint density at radius 2 is 1.75 bits per heavy atom. The quantitative estimate of drug-likeness (QED) is 0.833. The zero-order chi connectivity index (χ0) is 17.7. The highest BCUT2D eigenvalue weighted by Crippen LogP contribution is 2.32. The van der Waals surface area contributed by atoms with Crippen molar-refractivity contribution >= 4 is 0 Å². The molecule has 0 fully saturated rings. The Labute approximate surface area is 139 Å². The fourth-order valence-corrected chi connectivity index (χ4v) is 2.59. The first-order chi connectivity index (χ1) is 11.3. The van der Waals surface area contributed by atoms with Crippen molar-refractivity contribution < 1.29 is 18.3 Å². The summed E-state index contributed by atoms with van der Waals surface area (Å²) in [5, 5.41) is 13.4. The summed E-state index contributed by atoms with van der Waals surface area (Å²) in [6.07, 6.45) is -1.94. The Morgan fingerprint density at radius 3 is 2.33 bits per heavy atom. The van der Waals surface area contributed by atoms with E-state index in [0.29, 0.717) is 11.1 Å². The van der Waals surface area contributed by atoms with Crippen LogP contribution in [0.25, 0.3) is 0 Å². The van der Waals surface area contributed by atoms with Gasteiger partial charge in [0, 0.05) is 25.0 Å². The van der Waals surface area contributed by atoms with Crippen LogP contribution in [0.15, 0.2) is 48.8 Å². The third-order valence-electron chi connectivity index (χ3n) is 3.86. The second kappa shape index (κ2) is 7.77. The number of nitrogens with one attached hydrogen (secondary N) is 1. The van der Waals surface area contributed by atoms with E-state index in [1.165, 1.54) is 6.07 Å². The first kappa shape index (κ1) is 18.4. The molecule has 0 radical (unpaired) electrons. The Morgan fingerprint density at radius 1 is 1.08 bits per heavy atom. The van der Waals surface area contributed by atoms with Crippen LogP contribution >= 0.6 is 0 Å². The average Bonchev–Trinajstić information content (AvgIpc) is 2.55. The first-order valence-electron chi connectivity index (χ1n) is 7.77. The van der Waals surface area contributed by atoms with E-state index in [9.17, 15) is 18.3 Å². The molecule has 2 unspecified atom stereocenters. The molecule has 0 saturated carbocycles. The van der Waals surface area contributed by atoms with Gasteiger partial charge in [0.15, 0.2) is 0 Å². The van der Waals surface area contributed by atoms with Crippen LogP contribution in [-0.2, 0) is 6.18 Å². The van der Waals surface area contributed by atoms with Crippen LogP contribution in [0, 0.1) is 5.92 Å². The summed E-state index contributed by atoms with van der Waals surface area (Å²) in [6, 6.07) is 8.44. The molecule has 0 saturated heterocycles. The molecular formula is C18H21F3N2O. The Balaban J connectivity index is 2.13. The van der Waals surface area contributed by atoms with Crippen LogP contribution in [0.2, 0.25) is 0 Å². The van der Waals surface area contributed by atoms with E-state index >= 15 is 0 Å². The minimum atomic E-state index is -4.37. The molecule has 3 nitrogen and oxygen atoms in total. The van der Waals surface area contributed by atoms with Gasteiger partial charge >= 0.3 is 6.18 Å². The van der Waals surface area contributed by atoms with Gasteiger partial charge in [-0.1, -0.05) is 26.0 Å². The molecule has 1 aromatic carbocycles. The van der Waals surface area contributed by atoms with Crippen molar-refractivity contribution in [3.05, 3.63) is 65.5 Å². The molecule has 0 bridgehead atoms. The van der Waals surface area contributed by atoms with E-state index in [2.05, 4.69) is 10.3 Å². The molecule has 2 aromatic rings. The first-order valence-corrected chi connectivity index (χ1v) is 7.77. The molecule has 0 amide bonds.